The molecule has 0 N–H and O–H groups in total. The Hall–Kier alpha value is -3.84. The van der Waals surface area contributed by atoms with Crippen molar-refractivity contribution < 1.29 is 18.3 Å². The zero-order valence-electron chi connectivity index (χ0n) is 19.8. The third-order valence-corrected chi connectivity index (χ3v) is 5.68. The molecule has 34 heavy (non-hydrogen) atoms. The van der Waals surface area contributed by atoms with Gasteiger partial charge in [0.2, 0.25) is 5.70 Å². The number of aryl methyl sites for hydroxylation is 1. The monoisotopic (exact) mass is 461 g/mol. The number of allylic oxidation sites excluding steroid dienone is 2. The molecule has 0 bridgehead atoms. The number of hydrogen-bond acceptors (Lipinski definition) is 5. The number of imidazole rings is 1. The van der Waals surface area contributed by atoms with Crippen molar-refractivity contribution in [3.05, 3.63) is 70.8 Å². The summed E-state index contributed by atoms with van der Waals surface area (Å²) < 4.78 is 23.7. The van der Waals surface area contributed by atoms with E-state index in [9.17, 15) is 4.79 Å². The first kappa shape index (κ1) is 22.0. The SMILES string of the molecule is CC1=C=[n+]2nc(-c3cn4cc(C5C=CN(C(=O)OC(C)(C)C)CC5)cc(F)c4n3)cc(C)c2=N1. The lowest BCUT2D eigenvalue weighted by atomic mass is 9.95. The van der Waals surface area contributed by atoms with Crippen molar-refractivity contribution in [1.82, 2.24) is 19.4 Å². The van der Waals surface area contributed by atoms with Crippen molar-refractivity contribution in [3.8, 4) is 11.4 Å². The van der Waals surface area contributed by atoms with Crippen LogP contribution in [-0.4, -0.2) is 37.6 Å². The number of halogens is 1. The molecule has 0 spiro atoms. The van der Waals surface area contributed by atoms with Gasteiger partial charge in [0.25, 0.3) is 0 Å². The van der Waals surface area contributed by atoms with Gasteiger partial charge in [-0.3, -0.25) is 4.90 Å². The van der Waals surface area contributed by atoms with Crippen LogP contribution < -0.4 is 9.85 Å². The van der Waals surface area contributed by atoms with Crippen LogP contribution >= 0.6 is 0 Å². The number of hydrogen-bond donors (Lipinski definition) is 0. The molecule has 1 atom stereocenters. The van der Waals surface area contributed by atoms with Crippen LogP contribution in [0, 0.1) is 18.6 Å². The van der Waals surface area contributed by atoms with E-state index >= 15 is 4.39 Å². The molecule has 174 valence electrons. The van der Waals surface area contributed by atoms with E-state index in [1.54, 1.807) is 26.1 Å². The fourth-order valence-electron chi connectivity index (χ4n) is 4.11. The fourth-order valence-corrected chi connectivity index (χ4v) is 4.11. The molecule has 5 heterocycles. The molecule has 0 aromatic carbocycles. The van der Waals surface area contributed by atoms with E-state index in [0.29, 0.717) is 24.4 Å². The zero-order chi connectivity index (χ0) is 24.2. The van der Waals surface area contributed by atoms with Crippen molar-refractivity contribution in [2.24, 2.45) is 4.99 Å². The second kappa shape index (κ2) is 7.88. The Kier molecular flexibility index (Phi) is 5.10. The summed E-state index contributed by atoms with van der Waals surface area (Å²) in [6, 6.07) is 3.41. The van der Waals surface area contributed by atoms with Crippen molar-refractivity contribution >= 4 is 11.7 Å². The van der Waals surface area contributed by atoms with Crippen LogP contribution in [0.25, 0.3) is 17.0 Å². The largest absolute Gasteiger partial charge is 0.443 e. The highest BCUT2D eigenvalue weighted by molar-refractivity contribution is 5.69. The molecule has 1 unspecified atom stereocenters. The van der Waals surface area contributed by atoms with Gasteiger partial charge in [0.1, 0.15) is 17.0 Å². The second-order valence-corrected chi connectivity index (χ2v) is 9.65. The maximum atomic E-state index is 15.0. The van der Waals surface area contributed by atoms with Gasteiger partial charge in [-0.05, 0) is 61.2 Å². The van der Waals surface area contributed by atoms with Crippen LogP contribution in [0.5, 0.6) is 0 Å². The van der Waals surface area contributed by atoms with Crippen molar-refractivity contribution in [2.45, 2.75) is 52.6 Å². The Morgan fingerprint density at radius 3 is 2.74 bits per heavy atom. The number of amides is 1. The molecular formula is C25H26FN6O2+. The Labute approximate surface area is 196 Å². The Morgan fingerprint density at radius 2 is 2.03 bits per heavy atom. The minimum Gasteiger partial charge on any atom is -0.443 e. The van der Waals surface area contributed by atoms with Crippen molar-refractivity contribution in [3.63, 3.8) is 0 Å². The first-order valence-corrected chi connectivity index (χ1v) is 11.2. The van der Waals surface area contributed by atoms with Gasteiger partial charge in [0, 0.05) is 43.5 Å². The molecule has 0 saturated carbocycles. The highest BCUT2D eigenvalue weighted by Crippen LogP contribution is 2.28. The van der Waals surface area contributed by atoms with E-state index < -0.39 is 11.4 Å². The molecule has 3 aromatic heterocycles. The third-order valence-electron chi connectivity index (χ3n) is 5.68. The van der Waals surface area contributed by atoms with Gasteiger partial charge in [-0.15, -0.1) is 0 Å². The highest BCUT2D eigenvalue weighted by atomic mass is 19.1. The third kappa shape index (κ3) is 4.10. The summed E-state index contributed by atoms with van der Waals surface area (Å²) in [5.74, 6) is 2.64. The number of fused-ring (bicyclic) bond motifs is 2. The van der Waals surface area contributed by atoms with Crippen LogP contribution in [0.3, 0.4) is 0 Å². The maximum absolute atomic E-state index is 15.0. The number of nitrogens with zero attached hydrogens (tertiary/aromatic N) is 6. The number of aromatic nitrogens is 4. The quantitative estimate of drug-likeness (QED) is 0.547. The average molecular weight is 462 g/mol. The van der Waals surface area contributed by atoms with Gasteiger partial charge >= 0.3 is 11.6 Å². The summed E-state index contributed by atoms with van der Waals surface area (Å²) in [7, 11) is 0. The number of carbonyl (C=O) groups is 1. The number of pyridine rings is 1. The summed E-state index contributed by atoms with van der Waals surface area (Å²) in [5.41, 5.74) is 4.11. The predicted octanol–water partition coefficient (Wildman–Crippen LogP) is 3.52. The van der Waals surface area contributed by atoms with E-state index in [2.05, 4.69) is 20.9 Å². The van der Waals surface area contributed by atoms with Gasteiger partial charge in [-0.1, -0.05) is 11.2 Å². The number of ether oxygens (including phenoxy) is 1. The van der Waals surface area contributed by atoms with Gasteiger partial charge in [0.15, 0.2) is 17.3 Å². The predicted molar refractivity (Wildman–Crippen MR) is 122 cm³/mol. The van der Waals surface area contributed by atoms with Gasteiger partial charge in [-0.2, -0.15) is 0 Å². The summed E-state index contributed by atoms with van der Waals surface area (Å²) in [6.45, 7) is 9.81. The molecule has 2 aliphatic rings. The molecule has 0 radical (unpaired) electrons. The summed E-state index contributed by atoms with van der Waals surface area (Å²) in [4.78, 5) is 22.7. The first-order valence-electron chi connectivity index (χ1n) is 11.2. The first-order chi connectivity index (χ1) is 16.1. The van der Waals surface area contributed by atoms with E-state index in [0.717, 1.165) is 22.3 Å². The lowest BCUT2D eigenvalue weighted by molar-refractivity contribution is -0.585. The van der Waals surface area contributed by atoms with Crippen LogP contribution in [0.4, 0.5) is 9.18 Å². The molecule has 0 saturated heterocycles. The molecule has 1 amide bonds. The Morgan fingerprint density at radius 1 is 1.24 bits per heavy atom. The smallest absolute Gasteiger partial charge is 0.414 e. The Balaban J connectivity index is 1.45. The molecule has 8 nitrogen and oxygen atoms in total. The van der Waals surface area contributed by atoms with E-state index in [-0.39, 0.29) is 17.7 Å². The van der Waals surface area contributed by atoms with Crippen molar-refractivity contribution in [1.29, 1.82) is 0 Å². The van der Waals surface area contributed by atoms with Gasteiger partial charge in [0.05, 0.1) is 0 Å². The zero-order valence-corrected chi connectivity index (χ0v) is 19.8. The van der Waals surface area contributed by atoms with Gasteiger partial charge in [-0.25, -0.2) is 14.2 Å². The molecule has 0 aliphatic carbocycles. The molecule has 9 heteroatoms. The molecular weight excluding hydrogens is 435 g/mol. The fraction of sp³-hybridized carbons (Fsp3) is 0.360. The molecule has 0 fully saturated rings. The standard InChI is InChI=1S/C25H26FN6O2/c1-15-10-20(29-32-12-16(2)27-22(15)32)21-14-31-13-18(11-19(26)23(31)28-21)17-6-8-30(9-7-17)24(33)34-25(3,4)5/h6,8,10-11,13-14,17H,7,9H2,1-5H3/q+1. The average Bonchev–Trinajstić information content (AvgIpc) is 3.36. The van der Waals surface area contributed by atoms with E-state index in [4.69, 9.17) is 4.74 Å². The summed E-state index contributed by atoms with van der Waals surface area (Å²) >= 11 is 0. The van der Waals surface area contributed by atoms with Crippen molar-refractivity contribution in [2.75, 3.05) is 6.54 Å². The van der Waals surface area contributed by atoms with Crippen LogP contribution in [0.1, 0.15) is 51.2 Å². The van der Waals surface area contributed by atoms with E-state index in [1.807, 2.05) is 53.0 Å². The maximum Gasteiger partial charge on any atom is 0.414 e. The van der Waals surface area contributed by atoms with Crippen LogP contribution in [0.15, 0.2) is 47.5 Å². The van der Waals surface area contributed by atoms with Gasteiger partial charge < -0.3 is 9.14 Å². The number of rotatable bonds is 2. The normalized spacial score (nSPS) is 17.3. The lowest BCUT2D eigenvalue weighted by Gasteiger charge is -2.29. The molecule has 5 rings (SSSR count). The Bertz CT molecular complexity index is 1530. The summed E-state index contributed by atoms with van der Waals surface area (Å²) in [6.07, 6.45) is 7.56. The molecule has 2 aliphatic heterocycles. The second-order valence-electron chi connectivity index (χ2n) is 9.65. The van der Waals surface area contributed by atoms with Crippen LogP contribution in [0.2, 0.25) is 0 Å². The van der Waals surface area contributed by atoms with E-state index in [1.165, 1.54) is 6.07 Å². The minimum atomic E-state index is -0.554. The number of carbonyl (C=O) groups excluding carboxylic acids is 1. The minimum absolute atomic E-state index is 0.0244. The highest BCUT2D eigenvalue weighted by Gasteiger charge is 2.25. The van der Waals surface area contributed by atoms with Crippen LogP contribution in [-0.2, 0) is 4.74 Å². The lowest BCUT2D eigenvalue weighted by Crippen LogP contribution is -2.40. The summed E-state index contributed by atoms with van der Waals surface area (Å²) in [5, 5.41) is 4.55. The topological polar surface area (TPSA) is 78.0 Å². The molecule has 3 aromatic rings.